The maximum Gasteiger partial charge on any atom is 0.343 e. The van der Waals surface area contributed by atoms with E-state index in [1.165, 1.54) is 6.92 Å². The third-order valence-electron chi connectivity index (χ3n) is 4.81. The molecule has 0 spiro atoms. The molecule has 0 aliphatic rings. The molecule has 0 bridgehead atoms. The summed E-state index contributed by atoms with van der Waals surface area (Å²) in [5.41, 5.74) is 1.50. The van der Waals surface area contributed by atoms with Crippen LogP contribution in [0.5, 0.6) is 23.0 Å². The number of ether oxygens (including phenoxy) is 6. The highest BCUT2D eigenvalue weighted by Crippen LogP contribution is 2.21. The number of benzene rings is 3. The summed E-state index contributed by atoms with van der Waals surface area (Å²) in [7, 11) is 0. The van der Waals surface area contributed by atoms with E-state index in [2.05, 4.69) is 13.2 Å². The Labute approximate surface area is 219 Å². The molecule has 9 nitrogen and oxygen atoms in total. The van der Waals surface area contributed by atoms with Gasteiger partial charge in [0.15, 0.2) is 0 Å². The molecule has 0 aromatic heterocycles. The highest BCUT2D eigenvalue weighted by Gasteiger charge is 2.10. The van der Waals surface area contributed by atoms with Crippen LogP contribution in [0.2, 0.25) is 0 Å². The summed E-state index contributed by atoms with van der Waals surface area (Å²) >= 11 is 0. The van der Waals surface area contributed by atoms with Crippen molar-refractivity contribution in [3.8, 4) is 23.0 Å². The first kappa shape index (κ1) is 27.5. The second-order valence-corrected chi connectivity index (χ2v) is 7.72. The third-order valence-corrected chi connectivity index (χ3v) is 4.81. The zero-order valence-corrected chi connectivity index (χ0v) is 20.7. The summed E-state index contributed by atoms with van der Waals surface area (Å²) in [5, 5.41) is 0. The fraction of sp³-hybridized carbons (Fsp3) is 0.138. The minimum absolute atomic E-state index is 0.202. The zero-order valence-electron chi connectivity index (χ0n) is 20.7. The molecule has 196 valence electrons. The number of hydrogen-bond acceptors (Lipinski definition) is 9. The fourth-order valence-corrected chi connectivity index (χ4v) is 2.79. The topological polar surface area (TPSA) is 107 Å². The second-order valence-electron chi connectivity index (χ2n) is 7.72. The Morgan fingerprint density at radius 3 is 1.79 bits per heavy atom. The van der Waals surface area contributed by atoms with Crippen molar-refractivity contribution in [1.82, 2.24) is 0 Å². The van der Waals surface area contributed by atoms with Crippen molar-refractivity contribution in [3.63, 3.8) is 0 Å². The van der Waals surface area contributed by atoms with Crippen molar-refractivity contribution >= 4 is 17.9 Å². The molecular weight excluding hydrogens is 492 g/mol. The molecule has 0 aliphatic carbocycles. The van der Waals surface area contributed by atoms with E-state index in [0.29, 0.717) is 35.2 Å². The quantitative estimate of drug-likeness (QED) is 0.134. The summed E-state index contributed by atoms with van der Waals surface area (Å²) in [4.78, 5) is 34.8. The minimum atomic E-state index is -0.558. The molecule has 3 aromatic carbocycles. The summed E-state index contributed by atoms with van der Waals surface area (Å²) < 4.78 is 31.4. The summed E-state index contributed by atoms with van der Waals surface area (Å²) in [5.74, 6) is 0.269. The van der Waals surface area contributed by atoms with E-state index in [-0.39, 0.29) is 19.2 Å². The summed E-state index contributed by atoms with van der Waals surface area (Å²) in [6.07, 6.45) is 1.06. The van der Waals surface area contributed by atoms with E-state index in [4.69, 9.17) is 28.4 Å². The average molecular weight is 519 g/mol. The van der Waals surface area contributed by atoms with Crippen LogP contribution in [-0.4, -0.2) is 31.5 Å². The van der Waals surface area contributed by atoms with Gasteiger partial charge >= 0.3 is 17.9 Å². The van der Waals surface area contributed by atoms with Gasteiger partial charge in [-0.3, -0.25) is 0 Å². The predicted octanol–water partition coefficient (Wildman–Crippen LogP) is 5.01. The van der Waals surface area contributed by atoms with Gasteiger partial charge in [0.05, 0.1) is 5.56 Å². The third kappa shape index (κ3) is 8.87. The van der Waals surface area contributed by atoms with E-state index in [9.17, 15) is 14.4 Å². The zero-order chi connectivity index (χ0) is 27.3. The maximum atomic E-state index is 12.4. The summed E-state index contributed by atoms with van der Waals surface area (Å²) in [6.45, 7) is 8.17. The van der Waals surface area contributed by atoms with Crippen molar-refractivity contribution < 1.29 is 42.8 Å². The molecule has 0 N–H and O–H groups in total. The van der Waals surface area contributed by atoms with Crippen LogP contribution in [0, 0.1) is 0 Å². The van der Waals surface area contributed by atoms with Crippen LogP contribution in [0.1, 0.15) is 22.8 Å². The van der Waals surface area contributed by atoms with E-state index in [0.717, 1.165) is 11.6 Å². The molecule has 3 aromatic rings. The molecule has 0 fully saturated rings. The molecule has 0 saturated carbocycles. The molecule has 0 atom stereocenters. The van der Waals surface area contributed by atoms with E-state index >= 15 is 0 Å². The van der Waals surface area contributed by atoms with Crippen LogP contribution >= 0.6 is 0 Å². The first-order valence-corrected chi connectivity index (χ1v) is 11.4. The normalized spacial score (nSPS) is 10.0. The van der Waals surface area contributed by atoms with Crippen LogP contribution in [0.3, 0.4) is 0 Å². The van der Waals surface area contributed by atoms with Gasteiger partial charge in [0.25, 0.3) is 0 Å². The highest BCUT2D eigenvalue weighted by atomic mass is 16.7. The van der Waals surface area contributed by atoms with Gasteiger partial charge in [0.2, 0.25) is 13.6 Å². The van der Waals surface area contributed by atoms with Crippen LogP contribution in [-0.2, 0) is 25.7 Å². The van der Waals surface area contributed by atoms with Crippen molar-refractivity contribution in [2.24, 2.45) is 0 Å². The molecule has 38 heavy (non-hydrogen) atoms. The van der Waals surface area contributed by atoms with Crippen LogP contribution in [0.25, 0.3) is 0 Å². The summed E-state index contributed by atoms with van der Waals surface area (Å²) in [6, 6.07) is 20.0. The van der Waals surface area contributed by atoms with Crippen LogP contribution in [0.4, 0.5) is 0 Å². The Morgan fingerprint density at radius 1 is 0.711 bits per heavy atom. The molecule has 0 amide bonds. The van der Waals surface area contributed by atoms with Crippen molar-refractivity contribution in [2.75, 3.05) is 13.6 Å². The van der Waals surface area contributed by atoms with E-state index in [1.54, 1.807) is 60.7 Å². The fourth-order valence-electron chi connectivity index (χ4n) is 2.79. The number of rotatable bonds is 13. The molecular formula is C29H26O9. The van der Waals surface area contributed by atoms with Gasteiger partial charge in [0.1, 0.15) is 29.6 Å². The molecule has 0 aliphatic heterocycles. The van der Waals surface area contributed by atoms with Gasteiger partial charge in [-0.05, 0) is 73.2 Å². The molecule has 0 radical (unpaired) electrons. The first-order chi connectivity index (χ1) is 18.3. The lowest BCUT2D eigenvalue weighted by Crippen LogP contribution is -2.11. The first-order valence-electron chi connectivity index (χ1n) is 11.4. The van der Waals surface area contributed by atoms with Crippen molar-refractivity contribution in [1.29, 1.82) is 0 Å². The number of carbonyl (C=O) groups is 3. The highest BCUT2D eigenvalue weighted by molar-refractivity contribution is 5.91. The Bertz CT molecular complexity index is 1260. The molecule has 9 heteroatoms. The van der Waals surface area contributed by atoms with Gasteiger partial charge in [-0.25, -0.2) is 14.4 Å². The SMILES string of the molecule is C=CC(=O)OCOc1ccc(COc2ccc(OC(=O)c3ccc(OCOC(=O)C(=C)C)cc3)cc2)cc1. The van der Waals surface area contributed by atoms with Gasteiger partial charge in [0, 0.05) is 11.6 Å². The second kappa shape index (κ2) is 13.9. The van der Waals surface area contributed by atoms with Crippen molar-refractivity contribution in [2.45, 2.75) is 13.5 Å². The Morgan fingerprint density at radius 2 is 1.21 bits per heavy atom. The average Bonchev–Trinajstić information content (AvgIpc) is 2.93. The Kier molecular flexibility index (Phi) is 10.1. The minimum Gasteiger partial charge on any atom is -0.489 e. The van der Waals surface area contributed by atoms with E-state index in [1.807, 2.05) is 12.1 Å². The van der Waals surface area contributed by atoms with Crippen LogP contribution < -0.4 is 18.9 Å². The largest absolute Gasteiger partial charge is 0.489 e. The predicted molar refractivity (Wildman–Crippen MR) is 137 cm³/mol. The van der Waals surface area contributed by atoms with Crippen molar-refractivity contribution in [3.05, 3.63) is 109 Å². The van der Waals surface area contributed by atoms with Gasteiger partial charge < -0.3 is 28.4 Å². The Hall–Kier alpha value is -5.05. The standard InChI is InChI=1S/C29H26O9/c1-4-27(30)36-18-34-24-9-5-21(6-10-24)17-33-23-13-15-26(16-14-23)38-29(32)22-7-11-25(12-8-22)35-19-37-28(31)20(2)3/h4-16H,1-2,17-19H2,3H3. The van der Waals surface area contributed by atoms with Crippen LogP contribution in [0.15, 0.2) is 97.6 Å². The smallest absolute Gasteiger partial charge is 0.343 e. The van der Waals surface area contributed by atoms with Gasteiger partial charge in [-0.1, -0.05) is 25.3 Å². The molecule has 0 unspecified atom stereocenters. The number of esters is 3. The lowest BCUT2D eigenvalue weighted by atomic mass is 10.2. The van der Waals surface area contributed by atoms with Gasteiger partial charge in [-0.2, -0.15) is 0 Å². The monoisotopic (exact) mass is 518 g/mol. The van der Waals surface area contributed by atoms with E-state index < -0.39 is 17.9 Å². The molecule has 3 rings (SSSR count). The molecule has 0 heterocycles. The number of hydrogen-bond donors (Lipinski definition) is 0. The van der Waals surface area contributed by atoms with Gasteiger partial charge in [-0.15, -0.1) is 0 Å². The molecule has 0 saturated heterocycles. The lowest BCUT2D eigenvalue weighted by molar-refractivity contribution is -0.145. The Balaban J connectivity index is 1.42. The maximum absolute atomic E-state index is 12.4. The number of carbonyl (C=O) groups excluding carboxylic acids is 3. The lowest BCUT2D eigenvalue weighted by Gasteiger charge is -2.10.